The second-order valence-electron chi connectivity index (χ2n) is 8.00. The number of hydrogen-bond donors (Lipinski definition) is 1. The first kappa shape index (κ1) is 22.5. The van der Waals surface area contributed by atoms with E-state index in [-0.39, 0.29) is 10.8 Å². The molecule has 1 N–H and O–H groups in total. The highest BCUT2D eigenvalue weighted by Gasteiger charge is 2.25. The molecule has 0 spiro atoms. The number of piperidine rings is 1. The van der Waals surface area contributed by atoms with Gasteiger partial charge >= 0.3 is 0 Å². The second-order valence-corrected chi connectivity index (χ2v) is 9.94. The van der Waals surface area contributed by atoms with E-state index in [4.69, 9.17) is 4.74 Å². The van der Waals surface area contributed by atoms with Crippen molar-refractivity contribution < 1.29 is 17.9 Å². The fraction of sp³-hybridized carbons (Fsp3) is 0.375. The van der Waals surface area contributed by atoms with Crippen LogP contribution in [0.5, 0.6) is 0 Å². The molecule has 2 fully saturated rings. The number of benzene rings is 2. The van der Waals surface area contributed by atoms with Gasteiger partial charge in [-0.25, -0.2) is 8.42 Å². The Morgan fingerprint density at radius 1 is 0.875 bits per heavy atom. The van der Waals surface area contributed by atoms with Crippen LogP contribution in [0.2, 0.25) is 0 Å². The van der Waals surface area contributed by atoms with Crippen LogP contribution >= 0.6 is 0 Å². The number of amides is 1. The van der Waals surface area contributed by atoms with Gasteiger partial charge in [-0.15, -0.1) is 0 Å². The number of morpholine rings is 1. The lowest BCUT2D eigenvalue weighted by atomic mass is 10.1. The van der Waals surface area contributed by atoms with Crippen LogP contribution in [0, 0.1) is 0 Å². The fourth-order valence-electron chi connectivity index (χ4n) is 3.95. The Morgan fingerprint density at radius 3 is 2.19 bits per heavy atom. The summed E-state index contributed by atoms with van der Waals surface area (Å²) in [5.41, 5.74) is 2.68. The summed E-state index contributed by atoms with van der Waals surface area (Å²) in [6, 6.07) is 14.5. The Kier molecular flexibility index (Phi) is 7.24. The molecule has 0 aliphatic carbocycles. The Balaban J connectivity index is 1.33. The zero-order valence-electron chi connectivity index (χ0n) is 18.1. The third-order valence-corrected chi connectivity index (χ3v) is 7.68. The van der Waals surface area contributed by atoms with Crippen LogP contribution in [0.15, 0.2) is 59.5 Å². The average Bonchev–Trinajstić information content (AvgIpc) is 2.84. The van der Waals surface area contributed by atoms with Gasteiger partial charge in [-0.1, -0.05) is 12.1 Å². The molecule has 0 saturated carbocycles. The number of anilines is 2. The largest absolute Gasteiger partial charge is 0.379 e. The molecular weight excluding hydrogens is 426 g/mol. The van der Waals surface area contributed by atoms with Gasteiger partial charge in [0.25, 0.3) is 0 Å². The van der Waals surface area contributed by atoms with Gasteiger partial charge in [0, 0.05) is 43.6 Å². The Hall–Kier alpha value is -2.68. The molecule has 0 bridgehead atoms. The maximum Gasteiger partial charge on any atom is 0.248 e. The van der Waals surface area contributed by atoms with Crippen LogP contribution in [-0.2, 0) is 19.6 Å². The minimum Gasteiger partial charge on any atom is -0.379 e. The molecule has 0 aromatic heterocycles. The smallest absolute Gasteiger partial charge is 0.248 e. The molecule has 2 saturated heterocycles. The van der Waals surface area contributed by atoms with Crippen molar-refractivity contribution in [2.24, 2.45) is 0 Å². The van der Waals surface area contributed by atoms with Gasteiger partial charge in [-0.2, -0.15) is 4.31 Å². The third-order valence-electron chi connectivity index (χ3n) is 5.77. The maximum absolute atomic E-state index is 12.7. The quantitative estimate of drug-likeness (QED) is 0.676. The third kappa shape index (κ3) is 5.56. The van der Waals surface area contributed by atoms with Crippen molar-refractivity contribution in [3.63, 3.8) is 0 Å². The van der Waals surface area contributed by atoms with Crippen molar-refractivity contribution in [2.45, 2.75) is 24.2 Å². The van der Waals surface area contributed by atoms with Crippen LogP contribution in [0.25, 0.3) is 6.08 Å². The van der Waals surface area contributed by atoms with Crippen molar-refractivity contribution in [2.75, 3.05) is 49.6 Å². The van der Waals surface area contributed by atoms with Crippen LogP contribution in [0.1, 0.15) is 24.8 Å². The summed E-state index contributed by atoms with van der Waals surface area (Å²) < 4.78 is 32.0. The number of nitrogens with one attached hydrogen (secondary N) is 1. The van der Waals surface area contributed by atoms with E-state index < -0.39 is 10.0 Å². The number of rotatable bonds is 6. The van der Waals surface area contributed by atoms with Crippen molar-refractivity contribution in [1.29, 1.82) is 0 Å². The van der Waals surface area contributed by atoms with Gasteiger partial charge in [0.2, 0.25) is 15.9 Å². The first-order valence-electron chi connectivity index (χ1n) is 11.0. The minimum absolute atomic E-state index is 0.235. The van der Waals surface area contributed by atoms with E-state index in [0.717, 1.165) is 24.3 Å². The Bertz CT molecular complexity index is 1040. The second kappa shape index (κ2) is 10.3. The van der Waals surface area contributed by atoms with Crippen LogP contribution in [0.4, 0.5) is 11.4 Å². The first-order chi connectivity index (χ1) is 15.5. The summed E-state index contributed by atoms with van der Waals surface area (Å²) in [4.78, 5) is 14.9. The lowest BCUT2D eigenvalue weighted by Gasteiger charge is -2.28. The van der Waals surface area contributed by atoms with Crippen LogP contribution in [0.3, 0.4) is 0 Å². The summed E-state index contributed by atoms with van der Waals surface area (Å²) in [5.74, 6) is -0.235. The highest BCUT2D eigenvalue weighted by molar-refractivity contribution is 7.89. The van der Waals surface area contributed by atoms with E-state index in [2.05, 4.69) is 10.2 Å². The van der Waals surface area contributed by atoms with E-state index in [1.807, 2.05) is 24.3 Å². The summed E-state index contributed by atoms with van der Waals surface area (Å²) in [5, 5.41) is 2.86. The van der Waals surface area contributed by atoms with E-state index >= 15 is 0 Å². The van der Waals surface area contributed by atoms with Gasteiger partial charge in [-0.05, 0) is 67.3 Å². The molecule has 2 aliphatic heterocycles. The number of sulfonamides is 1. The van der Waals surface area contributed by atoms with Crippen LogP contribution < -0.4 is 10.2 Å². The van der Waals surface area contributed by atoms with E-state index in [1.54, 1.807) is 30.3 Å². The topological polar surface area (TPSA) is 79.0 Å². The molecule has 4 rings (SSSR count). The molecule has 1 amide bonds. The lowest BCUT2D eigenvalue weighted by Crippen LogP contribution is -2.40. The van der Waals surface area contributed by atoms with Crippen molar-refractivity contribution in [3.05, 3.63) is 60.2 Å². The van der Waals surface area contributed by atoms with E-state index in [1.165, 1.54) is 35.3 Å². The number of carbonyl (C=O) groups is 1. The molecule has 0 unspecified atom stereocenters. The summed E-state index contributed by atoms with van der Waals surface area (Å²) in [6.45, 7) is 3.72. The van der Waals surface area contributed by atoms with Crippen molar-refractivity contribution >= 4 is 33.4 Å². The molecule has 7 nitrogen and oxygen atoms in total. The summed E-state index contributed by atoms with van der Waals surface area (Å²) >= 11 is 0. The monoisotopic (exact) mass is 455 g/mol. The van der Waals surface area contributed by atoms with Gasteiger partial charge < -0.3 is 15.0 Å². The van der Waals surface area contributed by atoms with Gasteiger partial charge in [-0.3, -0.25) is 4.79 Å². The molecular formula is C24H29N3O4S. The first-order valence-corrected chi connectivity index (χ1v) is 12.5. The molecule has 2 aliphatic rings. The zero-order chi connectivity index (χ0) is 22.4. The average molecular weight is 456 g/mol. The van der Waals surface area contributed by atoms with E-state index in [9.17, 15) is 13.2 Å². The molecule has 0 radical (unpaired) electrons. The number of hydrogen-bond acceptors (Lipinski definition) is 5. The van der Waals surface area contributed by atoms with Crippen molar-refractivity contribution in [3.8, 4) is 0 Å². The summed E-state index contributed by atoms with van der Waals surface area (Å²) in [6.07, 6.45) is 6.86. The SMILES string of the molecule is O=C(C=Cc1ccc(S(=O)(=O)N2CCOCC2)cc1)Nc1ccc(N2CCCCC2)cc1. The summed E-state index contributed by atoms with van der Waals surface area (Å²) in [7, 11) is -3.52. The number of nitrogens with zero attached hydrogens (tertiary/aromatic N) is 2. The minimum atomic E-state index is -3.52. The molecule has 8 heteroatoms. The number of ether oxygens (including phenoxy) is 1. The van der Waals surface area contributed by atoms with Crippen molar-refractivity contribution in [1.82, 2.24) is 4.31 Å². The molecule has 2 aromatic rings. The van der Waals surface area contributed by atoms with E-state index in [0.29, 0.717) is 26.3 Å². The number of carbonyl (C=O) groups excluding carboxylic acids is 1. The van der Waals surface area contributed by atoms with Crippen LogP contribution in [-0.4, -0.2) is 58.0 Å². The lowest BCUT2D eigenvalue weighted by molar-refractivity contribution is -0.111. The molecule has 0 atom stereocenters. The maximum atomic E-state index is 12.7. The predicted molar refractivity (Wildman–Crippen MR) is 126 cm³/mol. The van der Waals surface area contributed by atoms with Gasteiger partial charge in [0.15, 0.2) is 0 Å². The molecule has 32 heavy (non-hydrogen) atoms. The fourth-order valence-corrected chi connectivity index (χ4v) is 5.36. The normalized spacial score (nSPS) is 18.1. The zero-order valence-corrected chi connectivity index (χ0v) is 18.9. The molecule has 2 heterocycles. The Morgan fingerprint density at radius 2 is 1.53 bits per heavy atom. The Labute approximate surface area is 189 Å². The highest BCUT2D eigenvalue weighted by Crippen LogP contribution is 2.22. The molecule has 170 valence electrons. The highest BCUT2D eigenvalue weighted by atomic mass is 32.2. The van der Waals surface area contributed by atoms with Gasteiger partial charge in [0.1, 0.15) is 0 Å². The van der Waals surface area contributed by atoms with Gasteiger partial charge in [0.05, 0.1) is 18.1 Å². The standard InChI is InChI=1S/C24H29N3O4S/c28-24(25-21-7-9-22(10-8-21)26-14-2-1-3-15-26)13-6-20-4-11-23(12-5-20)32(29,30)27-16-18-31-19-17-27/h4-13H,1-3,14-19H2,(H,25,28). The predicted octanol–water partition coefficient (Wildman–Crippen LogP) is 3.35. The molecule has 2 aromatic carbocycles.